The summed E-state index contributed by atoms with van der Waals surface area (Å²) >= 11 is 0. The minimum Gasteiger partial charge on any atom is -0.744 e. The number of halogens is 6. The predicted octanol–water partition coefficient (Wildman–Crippen LogP) is 29.0. The molecule has 1 aliphatic heterocycles. The monoisotopic (exact) mass is 2120 g/mol. The molecule has 1 heterocycles. The smallest absolute Gasteiger partial charge is 0.428 e. The standard InChI is InChI=1S/2C24H36O3S.C21H21O3S.2C18H15S.C12H17F6NO5S2/c2*25-28(26,27)24-22(19-12-6-2-7-13-19)16-21(18-10-4-1-5-11-18)17-23(24)20-14-8-3-9-15-20;1-24-18-7-4-10-21(13-18)25(19-8-2-5-16(11-19)14-22)20-9-3-6-17(12-20)15-23;2*1-4-10-16(11-5-1)19(17-12-6-2-7-13-17)18-14-8-3-9-15-18;13-10(14,12(17,18)26(22,23)24)11(15,16)25(20,21)19-6-5-8-3-1-2-4-9(8)7-19/h2*16-20H,1-15H2,(H,25,26,27);2-13,22-23H,14-15H2,1H3;2*1-15H;8-9H,1-7H2,(H,22,23,24)/q;;3*+1;/p-3. The lowest BCUT2D eigenvalue weighted by molar-refractivity contribution is -0.247. The first-order valence-corrected chi connectivity index (χ1v) is 61.1. The average molecular weight is 2120 g/mol. The molecule has 778 valence electrons. The van der Waals surface area contributed by atoms with E-state index >= 15 is 0 Å². The zero-order valence-corrected chi connectivity index (χ0v) is 88.3. The zero-order chi connectivity index (χ0) is 103. The second-order valence-electron chi connectivity index (χ2n) is 39.6. The summed E-state index contributed by atoms with van der Waals surface area (Å²) in [5.41, 5.74) is 7.97. The maximum Gasteiger partial charge on any atom is 0.428 e. The fourth-order valence-corrected chi connectivity index (χ4v) is 33.0. The Labute approximate surface area is 864 Å². The van der Waals surface area contributed by atoms with Gasteiger partial charge in [0.25, 0.3) is 10.0 Å². The molecule has 0 radical (unpaired) electrons. The Morgan fingerprint density at radius 3 is 0.834 bits per heavy atom. The van der Waals surface area contributed by atoms with Gasteiger partial charge >= 0.3 is 16.4 Å². The molecular weight excluding hydrogens is 1980 g/mol. The van der Waals surface area contributed by atoms with E-state index in [4.69, 9.17) is 4.74 Å². The summed E-state index contributed by atoms with van der Waals surface area (Å²) in [4.78, 5) is 11.9. The van der Waals surface area contributed by atoms with Crippen molar-refractivity contribution in [2.45, 2.75) is 344 Å². The van der Waals surface area contributed by atoms with Gasteiger partial charge in [0, 0.05) is 19.2 Å². The maximum atomic E-state index is 14.0. The van der Waals surface area contributed by atoms with Crippen LogP contribution in [0.5, 0.6) is 5.75 Å². The number of piperidine rings is 1. The quantitative estimate of drug-likeness (QED) is 0.0306. The van der Waals surface area contributed by atoms with Gasteiger partial charge in [0.1, 0.15) is 26.0 Å². The molecule has 2 N–H and O–H groups in total. The zero-order valence-electron chi connectivity index (χ0n) is 82.6. The molecule has 2 atom stereocenters. The van der Waals surface area contributed by atoms with Crippen molar-refractivity contribution in [1.29, 1.82) is 0 Å². The Balaban J connectivity index is 0.000000139. The molecule has 28 heteroatoms. The van der Waals surface area contributed by atoms with Crippen molar-refractivity contribution < 1.29 is 88.6 Å². The van der Waals surface area contributed by atoms with Crippen molar-refractivity contribution in [1.82, 2.24) is 4.31 Å². The van der Waals surface area contributed by atoms with Crippen LogP contribution in [0.4, 0.5) is 26.3 Å². The van der Waals surface area contributed by atoms with Crippen LogP contribution < -0.4 is 4.74 Å². The topological polar surface area (TPSA) is 259 Å². The summed E-state index contributed by atoms with van der Waals surface area (Å²) in [5.74, 6) is -4.40. The Morgan fingerprint density at radius 2 is 0.559 bits per heavy atom. The highest BCUT2D eigenvalue weighted by molar-refractivity contribution is 7.97. The number of nitrogens with zero attached hydrogens (tertiary/aromatic N) is 1. The SMILES string of the molecule is COc1cccc([S+](c2cccc(CO)c2)c2cccc(CO)c2)c1.O=S(=O)([O-])C(F)(F)C(F)(F)C(F)(F)S(=O)(=O)N1CCC2CCCCC2C1.O=S(=O)([O-])c1c(C2CCCCC2)cc(C2CCCCC2)cc1C1CCCCC1.O=S(=O)([O-])c1c(C2CCCCC2)cc(C2CCCCC2)cc1C1CCCCC1.c1ccc([S+](c2ccccc2)c2ccccc2)cc1.c1ccc([S+](c2ccccc2)c2ccccc2)cc1. The highest BCUT2D eigenvalue weighted by Gasteiger charge is 2.81. The van der Waals surface area contributed by atoms with E-state index in [9.17, 15) is 83.9 Å². The van der Waals surface area contributed by atoms with E-state index in [1.165, 1.54) is 130 Å². The number of aliphatic hydroxyl groups is 2. The van der Waals surface area contributed by atoms with Gasteiger partial charge in [-0.1, -0.05) is 299 Å². The van der Waals surface area contributed by atoms with Crippen molar-refractivity contribution in [2.75, 3.05) is 20.2 Å². The highest BCUT2D eigenvalue weighted by Crippen LogP contribution is 2.54. The molecule has 0 amide bonds. The number of hydrogen-bond acceptors (Lipinski definition) is 14. The Kier molecular flexibility index (Phi) is 40.7. The van der Waals surface area contributed by atoms with Crippen LogP contribution in [0.25, 0.3) is 0 Å². The third-order valence-electron chi connectivity index (χ3n) is 29.9. The van der Waals surface area contributed by atoms with Gasteiger partial charge in [-0.3, -0.25) is 0 Å². The molecule has 2 unspecified atom stereocenters. The molecule has 145 heavy (non-hydrogen) atoms. The van der Waals surface area contributed by atoms with Crippen LogP contribution in [0.1, 0.15) is 305 Å². The number of hydrogen-bond donors (Lipinski definition) is 2. The molecule has 0 spiro atoms. The van der Waals surface area contributed by atoms with E-state index in [1.807, 2.05) is 54.6 Å². The molecule has 19 rings (SSSR count). The second-order valence-corrected chi connectivity index (χ2v) is 51.7. The van der Waals surface area contributed by atoms with E-state index in [0.29, 0.717) is 24.7 Å². The van der Waals surface area contributed by atoms with E-state index in [0.717, 1.165) is 169 Å². The summed E-state index contributed by atoms with van der Waals surface area (Å²) in [6, 6.07) is 97.0. The van der Waals surface area contributed by atoms with E-state index in [2.05, 4.69) is 224 Å². The van der Waals surface area contributed by atoms with Gasteiger partial charge in [0.2, 0.25) is 0 Å². The van der Waals surface area contributed by atoms with E-state index in [-0.39, 0.29) is 102 Å². The highest BCUT2D eigenvalue weighted by atomic mass is 32.2. The molecular formula is C117H137F6NO14S7. The van der Waals surface area contributed by atoms with E-state index in [1.54, 1.807) is 7.11 Å². The van der Waals surface area contributed by atoms with Crippen molar-refractivity contribution in [3.63, 3.8) is 0 Å². The van der Waals surface area contributed by atoms with Crippen molar-refractivity contribution >= 4 is 73.1 Å². The number of sulfonamides is 1. The van der Waals surface area contributed by atoms with Crippen LogP contribution in [0.2, 0.25) is 0 Å². The minimum absolute atomic E-state index is 0.0130. The largest absolute Gasteiger partial charge is 0.744 e. The molecule has 8 fully saturated rings. The number of rotatable bonds is 25. The van der Waals surface area contributed by atoms with Crippen molar-refractivity contribution in [3.05, 3.63) is 324 Å². The predicted molar refractivity (Wildman–Crippen MR) is 562 cm³/mol. The van der Waals surface area contributed by atoms with Crippen LogP contribution in [-0.2, 0) is 86.3 Å². The Hall–Kier alpha value is -8.59. The Morgan fingerprint density at radius 1 is 0.303 bits per heavy atom. The summed E-state index contributed by atoms with van der Waals surface area (Å²) in [7, 11) is -21.2. The second kappa shape index (κ2) is 52.7. The van der Waals surface area contributed by atoms with Gasteiger partial charge in [0.15, 0.2) is 54.2 Å². The molecule has 7 saturated carbocycles. The molecule has 0 aromatic heterocycles. The first kappa shape index (κ1) is 112. The maximum absolute atomic E-state index is 14.0. The number of benzene rings is 11. The van der Waals surface area contributed by atoms with Gasteiger partial charge in [-0.15, -0.1) is 0 Å². The van der Waals surface area contributed by atoms with Gasteiger partial charge in [-0.25, -0.2) is 33.7 Å². The normalized spacial score (nSPS) is 18.7. The van der Waals surface area contributed by atoms with Crippen LogP contribution in [0.15, 0.2) is 333 Å². The van der Waals surface area contributed by atoms with Gasteiger partial charge in [0.05, 0.1) is 62.8 Å². The number of fused-ring (bicyclic) bond motifs is 1. The number of aliphatic hydroxyl groups excluding tert-OH is 2. The molecule has 11 aromatic carbocycles. The fraction of sp³-hybridized carbons (Fsp3) is 0.436. The Bertz CT molecular complexity index is 5760. The molecule has 15 nitrogen and oxygen atoms in total. The summed E-state index contributed by atoms with van der Waals surface area (Å²) in [6.45, 7) is -1.10. The van der Waals surface area contributed by atoms with Crippen LogP contribution in [0, 0.1) is 11.8 Å². The molecule has 0 bridgehead atoms. The first-order valence-electron chi connectivity index (χ1n) is 51.7. The summed E-state index contributed by atoms with van der Waals surface area (Å²) < 4.78 is 217. The first-order chi connectivity index (χ1) is 69.8. The lowest BCUT2D eigenvalue weighted by Crippen LogP contribution is -2.64. The van der Waals surface area contributed by atoms with E-state index < -0.39 is 69.9 Å². The minimum atomic E-state index is -7.25. The third kappa shape index (κ3) is 28.8. The molecule has 1 saturated heterocycles. The number of methoxy groups -OCH3 is 1. The van der Waals surface area contributed by atoms with Crippen LogP contribution >= 0.6 is 0 Å². The molecule has 11 aromatic rings. The molecule has 7 aliphatic carbocycles. The molecule has 8 aliphatic rings. The van der Waals surface area contributed by atoms with Gasteiger partial charge < -0.3 is 28.6 Å². The van der Waals surface area contributed by atoms with Gasteiger partial charge in [-0.2, -0.15) is 30.6 Å². The number of ether oxygens (including phenoxy) is 1. The van der Waals surface area contributed by atoms with Crippen LogP contribution in [0.3, 0.4) is 0 Å². The van der Waals surface area contributed by atoms with Crippen molar-refractivity contribution in [2.24, 2.45) is 11.8 Å². The lowest BCUT2D eigenvalue weighted by atomic mass is 9.76. The lowest BCUT2D eigenvalue weighted by Gasteiger charge is -2.42. The number of alkyl halides is 6. The fourth-order valence-electron chi connectivity index (χ4n) is 22.5. The van der Waals surface area contributed by atoms with Gasteiger partial charge in [-0.05, 0) is 291 Å². The van der Waals surface area contributed by atoms with Crippen molar-refractivity contribution in [3.8, 4) is 5.75 Å². The average Bonchev–Trinajstić information content (AvgIpc) is 0.712. The van der Waals surface area contributed by atoms with Crippen LogP contribution in [-0.4, -0.2) is 98.5 Å². The summed E-state index contributed by atoms with van der Waals surface area (Å²) in [5, 5.41) is 5.71. The summed E-state index contributed by atoms with van der Waals surface area (Å²) in [6.07, 6.45) is 37.7. The third-order valence-corrected chi connectivity index (χ3v) is 41.3.